The van der Waals surface area contributed by atoms with Crippen molar-refractivity contribution in [3.8, 4) is 0 Å². The molecule has 0 aromatic heterocycles. The van der Waals surface area contributed by atoms with Crippen LogP contribution in [0.3, 0.4) is 0 Å². The standard InChI is InChI=1S/C16H33N/c1-5-7-9-14(3)12-16-10-11-17(13-16)15(4)8-6-2/h14-16H,5-13H2,1-4H3. The number of likely N-dealkylation sites (tertiary alicyclic amines) is 1. The highest BCUT2D eigenvalue weighted by atomic mass is 15.2. The summed E-state index contributed by atoms with van der Waals surface area (Å²) < 4.78 is 0. The summed E-state index contributed by atoms with van der Waals surface area (Å²) >= 11 is 0. The highest BCUT2D eigenvalue weighted by molar-refractivity contribution is 4.80. The molecular formula is C16H33N. The molecule has 0 radical (unpaired) electrons. The maximum atomic E-state index is 2.72. The van der Waals surface area contributed by atoms with E-state index in [2.05, 4.69) is 32.6 Å². The van der Waals surface area contributed by atoms with Crippen molar-refractivity contribution >= 4 is 0 Å². The van der Waals surface area contributed by atoms with Crippen LogP contribution >= 0.6 is 0 Å². The van der Waals surface area contributed by atoms with E-state index >= 15 is 0 Å². The maximum Gasteiger partial charge on any atom is 0.00669 e. The molecule has 0 aromatic rings. The van der Waals surface area contributed by atoms with Crippen molar-refractivity contribution in [2.45, 2.75) is 78.7 Å². The first-order chi connectivity index (χ1) is 8.17. The van der Waals surface area contributed by atoms with Gasteiger partial charge in [-0.3, -0.25) is 0 Å². The molecule has 0 amide bonds. The highest BCUT2D eigenvalue weighted by Crippen LogP contribution is 2.27. The zero-order valence-electron chi connectivity index (χ0n) is 12.5. The van der Waals surface area contributed by atoms with Gasteiger partial charge in [0.1, 0.15) is 0 Å². The highest BCUT2D eigenvalue weighted by Gasteiger charge is 2.26. The van der Waals surface area contributed by atoms with Gasteiger partial charge in [-0.15, -0.1) is 0 Å². The Hall–Kier alpha value is -0.0400. The lowest BCUT2D eigenvalue weighted by Crippen LogP contribution is -2.30. The van der Waals surface area contributed by atoms with Gasteiger partial charge >= 0.3 is 0 Å². The van der Waals surface area contributed by atoms with Crippen molar-refractivity contribution < 1.29 is 0 Å². The van der Waals surface area contributed by atoms with E-state index in [1.54, 1.807) is 0 Å². The minimum atomic E-state index is 0.816. The molecule has 1 aliphatic rings. The van der Waals surface area contributed by atoms with Crippen LogP contribution in [0, 0.1) is 11.8 Å². The minimum absolute atomic E-state index is 0.816. The van der Waals surface area contributed by atoms with Crippen LogP contribution in [-0.4, -0.2) is 24.0 Å². The van der Waals surface area contributed by atoms with E-state index in [1.807, 2.05) is 0 Å². The van der Waals surface area contributed by atoms with Crippen LogP contribution in [0.4, 0.5) is 0 Å². The number of hydrogen-bond acceptors (Lipinski definition) is 1. The van der Waals surface area contributed by atoms with E-state index in [9.17, 15) is 0 Å². The first-order valence-electron chi connectivity index (χ1n) is 7.91. The molecule has 1 nitrogen and oxygen atoms in total. The van der Waals surface area contributed by atoms with Crippen molar-refractivity contribution in [2.24, 2.45) is 11.8 Å². The molecule has 0 spiro atoms. The summed E-state index contributed by atoms with van der Waals surface area (Å²) in [5.41, 5.74) is 0. The molecule has 17 heavy (non-hydrogen) atoms. The van der Waals surface area contributed by atoms with Crippen LogP contribution in [0.2, 0.25) is 0 Å². The number of nitrogens with zero attached hydrogens (tertiary/aromatic N) is 1. The average molecular weight is 239 g/mol. The molecule has 1 heterocycles. The summed E-state index contributed by atoms with van der Waals surface area (Å²) in [6.45, 7) is 12.2. The molecule has 1 saturated heterocycles. The van der Waals surface area contributed by atoms with Gasteiger partial charge in [-0.1, -0.05) is 46.5 Å². The summed E-state index contributed by atoms with van der Waals surface area (Å²) in [4.78, 5) is 2.72. The van der Waals surface area contributed by atoms with E-state index in [4.69, 9.17) is 0 Å². The fraction of sp³-hybridized carbons (Fsp3) is 1.00. The van der Waals surface area contributed by atoms with Crippen LogP contribution in [0.25, 0.3) is 0 Å². The van der Waals surface area contributed by atoms with Gasteiger partial charge in [0, 0.05) is 12.6 Å². The Bertz CT molecular complexity index is 190. The van der Waals surface area contributed by atoms with Crippen LogP contribution in [-0.2, 0) is 0 Å². The molecule has 3 unspecified atom stereocenters. The lowest BCUT2D eigenvalue weighted by Gasteiger charge is -2.24. The van der Waals surface area contributed by atoms with Gasteiger partial charge in [0.2, 0.25) is 0 Å². The summed E-state index contributed by atoms with van der Waals surface area (Å²) in [6, 6.07) is 0.816. The predicted octanol–water partition coefficient (Wildman–Crippen LogP) is 4.71. The van der Waals surface area contributed by atoms with Gasteiger partial charge in [0.05, 0.1) is 0 Å². The van der Waals surface area contributed by atoms with Gasteiger partial charge in [-0.05, 0) is 44.6 Å². The summed E-state index contributed by atoms with van der Waals surface area (Å²) in [5, 5.41) is 0. The van der Waals surface area contributed by atoms with Crippen LogP contribution in [0.5, 0.6) is 0 Å². The van der Waals surface area contributed by atoms with Gasteiger partial charge in [-0.25, -0.2) is 0 Å². The molecule has 0 aromatic carbocycles. The third-order valence-electron chi connectivity index (χ3n) is 4.43. The van der Waals surface area contributed by atoms with Gasteiger partial charge in [-0.2, -0.15) is 0 Å². The summed E-state index contributed by atoms with van der Waals surface area (Å²) in [7, 11) is 0. The second-order valence-electron chi connectivity index (χ2n) is 6.27. The molecule has 3 atom stereocenters. The molecule has 1 heteroatoms. The molecule has 0 bridgehead atoms. The maximum absolute atomic E-state index is 2.72. The Morgan fingerprint density at radius 2 is 1.88 bits per heavy atom. The van der Waals surface area contributed by atoms with Crippen LogP contribution in [0.15, 0.2) is 0 Å². The zero-order valence-corrected chi connectivity index (χ0v) is 12.5. The minimum Gasteiger partial charge on any atom is -0.300 e. The fourth-order valence-electron chi connectivity index (χ4n) is 3.30. The Morgan fingerprint density at radius 1 is 1.12 bits per heavy atom. The topological polar surface area (TPSA) is 3.24 Å². The lowest BCUT2D eigenvalue weighted by atomic mass is 9.91. The first kappa shape index (κ1) is 15.0. The molecular weight excluding hydrogens is 206 g/mol. The molecule has 0 N–H and O–H groups in total. The summed E-state index contributed by atoms with van der Waals surface area (Å²) in [6.07, 6.45) is 9.84. The second kappa shape index (κ2) is 8.13. The first-order valence-corrected chi connectivity index (χ1v) is 7.91. The molecule has 1 fully saturated rings. The Morgan fingerprint density at radius 3 is 2.53 bits per heavy atom. The Balaban J connectivity index is 2.20. The third-order valence-corrected chi connectivity index (χ3v) is 4.43. The second-order valence-corrected chi connectivity index (χ2v) is 6.27. The normalized spacial score (nSPS) is 25.1. The van der Waals surface area contributed by atoms with Crippen LogP contribution < -0.4 is 0 Å². The molecule has 1 rings (SSSR count). The number of unbranched alkanes of at least 4 members (excludes halogenated alkanes) is 1. The van der Waals surface area contributed by atoms with Gasteiger partial charge in [0.15, 0.2) is 0 Å². The Kier molecular flexibility index (Phi) is 7.18. The van der Waals surface area contributed by atoms with Crippen molar-refractivity contribution in [2.75, 3.05) is 13.1 Å². The van der Waals surface area contributed by atoms with Crippen molar-refractivity contribution in [3.05, 3.63) is 0 Å². The third kappa shape index (κ3) is 5.42. The van der Waals surface area contributed by atoms with Gasteiger partial charge < -0.3 is 4.90 Å². The molecule has 0 saturated carbocycles. The monoisotopic (exact) mass is 239 g/mol. The quantitative estimate of drug-likeness (QED) is 0.593. The number of rotatable bonds is 8. The molecule has 1 aliphatic heterocycles. The van der Waals surface area contributed by atoms with E-state index < -0.39 is 0 Å². The lowest BCUT2D eigenvalue weighted by molar-refractivity contribution is 0.230. The largest absolute Gasteiger partial charge is 0.300 e. The summed E-state index contributed by atoms with van der Waals surface area (Å²) in [5.74, 6) is 1.93. The van der Waals surface area contributed by atoms with Gasteiger partial charge in [0.25, 0.3) is 0 Å². The van der Waals surface area contributed by atoms with Crippen LogP contribution in [0.1, 0.15) is 72.6 Å². The van der Waals surface area contributed by atoms with Crippen molar-refractivity contribution in [1.29, 1.82) is 0 Å². The SMILES string of the molecule is CCCCC(C)CC1CCN(C(C)CCC)C1. The van der Waals surface area contributed by atoms with E-state index in [0.717, 1.165) is 17.9 Å². The predicted molar refractivity (Wildman–Crippen MR) is 77.4 cm³/mol. The smallest absolute Gasteiger partial charge is 0.00669 e. The van der Waals surface area contributed by atoms with Crippen molar-refractivity contribution in [1.82, 2.24) is 4.90 Å². The average Bonchev–Trinajstić information content (AvgIpc) is 2.75. The number of hydrogen-bond donors (Lipinski definition) is 0. The van der Waals surface area contributed by atoms with E-state index in [-0.39, 0.29) is 0 Å². The van der Waals surface area contributed by atoms with Crippen molar-refractivity contribution in [3.63, 3.8) is 0 Å². The zero-order chi connectivity index (χ0) is 12.7. The fourth-order valence-corrected chi connectivity index (χ4v) is 3.30. The van der Waals surface area contributed by atoms with E-state index in [0.29, 0.717) is 0 Å². The molecule has 102 valence electrons. The molecule has 0 aliphatic carbocycles. The van der Waals surface area contributed by atoms with E-state index in [1.165, 1.54) is 58.0 Å². The Labute approximate surface area is 109 Å².